The van der Waals surface area contributed by atoms with E-state index in [1.54, 1.807) is 6.07 Å². The highest BCUT2D eigenvalue weighted by molar-refractivity contribution is 9.10. The Bertz CT molecular complexity index is 352. The molecule has 0 aliphatic rings. The summed E-state index contributed by atoms with van der Waals surface area (Å²) in [5, 5.41) is 0. The first-order valence-electron chi connectivity index (χ1n) is 4.62. The van der Waals surface area contributed by atoms with Crippen LogP contribution in [0.25, 0.3) is 0 Å². The van der Waals surface area contributed by atoms with Crippen LogP contribution in [0.2, 0.25) is 0 Å². The van der Waals surface area contributed by atoms with E-state index in [2.05, 4.69) is 20.7 Å². The Morgan fingerprint density at radius 1 is 1.53 bits per heavy atom. The van der Waals surface area contributed by atoms with Gasteiger partial charge in [0.15, 0.2) is 0 Å². The highest BCUT2D eigenvalue weighted by Crippen LogP contribution is 2.23. The number of aryl methyl sites for hydroxylation is 1. The number of rotatable bonds is 4. The first-order chi connectivity index (χ1) is 7.20. The molecule has 1 aromatic rings. The van der Waals surface area contributed by atoms with Gasteiger partial charge in [0, 0.05) is 10.4 Å². The second kappa shape index (κ2) is 6.13. The van der Waals surface area contributed by atoms with Crippen molar-refractivity contribution < 1.29 is 9.53 Å². The van der Waals surface area contributed by atoms with E-state index in [0.29, 0.717) is 11.4 Å². The second-order valence-electron chi connectivity index (χ2n) is 3.06. The Morgan fingerprint density at radius 2 is 2.27 bits per heavy atom. The zero-order valence-electron chi connectivity index (χ0n) is 8.43. The van der Waals surface area contributed by atoms with E-state index in [1.165, 1.54) is 7.11 Å². The third kappa shape index (κ3) is 3.21. The van der Waals surface area contributed by atoms with Gasteiger partial charge in [-0.1, -0.05) is 12.1 Å². The van der Waals surface area contributed by atoms with Crippen molar-refractivity contribution in [3.8, 4) is 0 Å². The van der Waals surface area contributed by atoms with Gasteiger partial charge in [-0.2, -0.15) is 0 Å². The van der Waals surface area contributed by atoms with E-state index in [1.807, 2.05) is 12.1 Å². The summed E-state index contributed by atoms with van der Waals surface area (Å²) >= 11 is 9.04. The van der Waals surface area contributed by atoms with Gasteiger partial charge in [0.05, 0.1) is 12.7 Å². The topological polar surface area (TPSA) is 26.3 Å². The summed E-state index contributed by atoms with van der Waals surface area (Å²) in [5.41, 5.74) is 1.64. The average Bonchev–Trinajstić information content (AvgIpc) is 2.27. The average molecular weight is 292 g/mol. The van der Waals surface area contributed by atoms with Gasteiger partial charge in [0.2, 0.25) is 0 Å². The minimum Gasteiger partial charge on any atom is -0.465 e. The lowest BCUT2D eigenvalue weighted by Gasteiger charge is -2.07. The molecule has 15 heavy (non-hydrogen) atoms. The number of benzene rings is 1. The maximum absolute atomic E-state index is 11.4. The standard InChI is InChI=1S/C11H12BrClO2/c1-15-11(14)9-6-2-4-8(10(9)12)5-3-7-13/h2,4,6H,3,5,7H2,1H3. The molecule has 0 saturated carbocycles. The second-order valence-corrected chi connectivity index (χ2v) is 4.23. The normalized spacial score (nSPS) is 10.1. The number of alkyl halides is 1. The molecule has 0 amide bonds. The molecule has 1 rings (SSSR count). The number of carbonyl (C=O) groups is 1. The van der Waals surface area contributed by atoms with Gasteiger partial charge in [-0.15, -0.1) is 11.6 Å². The fourth-order valence-corrected chi connectivity index (χ4v) is 2.06. The zero-order valence-corrected chi connectivity index (χ0v) is 10.8. The van der Waals surface area contributed by atoms with E-state index in [4.69, 9.17) is 11.6 Å². The summed E-state index contributed by atoms with van der Waals surface area (Å²) in [5.74, 6) is 0.295. The highest BCUT2D eigenvalue weighted by Gasteiger charge is 2.12. The van der Waals surface area contributed by atoms with Gasteiger partial charge >= 0.3 is 5.97 Å². The molecule has 0 aromatic heterocycles. The van der Waals surface area contributed by atoms with Crippen molar-refractivity contribution >= 4 is 33.5 Å². The minimum absolute atomic E-state index is 0.324. The van der Waals surface area contributed by atoms with Crippen molar-refractivity contribution in [2.45, 2.75) is 12.8 Å². The summed E-state index contributed by atoms with van der Waals surface area (Å²) in [7, 11) is 1.38. The van der Waals surface area contributed by atoms with Gasteiger partial charge in [0.1, 0.15) is 0 Å². The number of hydrogen-bond donors (Lipinski definition) is 0. The first-order valence-corrected chi connectivity index (χ1v) is 5.95. The van der Waals surface area contributed by atoms with Gasteiger partial charge in [0.25, 0.3) is 0 Å². The highest BCUT2D eigenvalue weighted by atomic mass is 79.9. The van der Waals surface area contributed by atoms with E-state index in [0.717, 1.165) is 22.9 Å². The summed E-state index contributed by atoms with van der Waals surface area (Å²) < 4.78 is 5.49. The van der Waals surface area contributed by atoms with Gasteiger partial charge in [-0.3, -0.25) is 0 Å². The monoisotopic (exact) mass is 290 g/mol. The molecule has 1 aromatic carbocycles. The van der Waals surface area contributed by atoms with E-state index in [9.17, 15) is 4.79 Å². The Kier molecular flexibility index (Phi) is 5.12. The molecule has 0 saturated heterocycles. The lowest BCUT2D eigenvalue weighted by atomic mass is 10.1. The molecular formula is C11H12BrClO2. The molecule has 4 heteroatoms. The molecular weight excluding hydrogens is 279 g/mol. The maximum atomic E-state index is 11.4. The fraction of sp³-hybridized carbons (Fsp3) is 0.364. The molecule has 0 radical (unpaired) electrons. The van der Waals surface area contributed by atoms with Crippen LogP contribution in [0, 0.1) is 0 Å². The Labute approximate surface area is 103 Å². The number of carbonyl (C=O) groups excluding carboxylic acids is 1. The van der Waals surface area contributed by atoms with Gasteiger partial charge in [-0.05, 0) is 40.4 Å². The molecule has 0 spiro atoms. The molecule has 0 aliphatic carbocycles. The minimum atomic E-state index is -0.324. The Balaban J connectivity index is 2.95. The number of methoxy groups -OCH3 is 1. The quantitative estimate of drug-likeness (QED) is 0.628. The van der Waals surface area contributed by atoms with E-state index >= 15 is 0 Å². The van der Waals surface area contributed by atoms with Crippen LogP contribution < -0.4 is 0 Å². The summed E-state index contributed by atoms with van der Waals surface area (Å²) in [4.78, 5) is 11.4. The van der Waals surface area contributed by atoms with E-state index in [-0.39, 0.29) is 5.97 Å². The van der Waals surface area contributed by atoms with Crippen LogP contribution in [0.1, 0.15) is 22.3 Å². The summed E-state index contributed by atoms with van der Waals surface area (Å²) in [6, 6.07) is 5.56. The Hall–Kier alpha value is -0.540. The maximum Gasteiger partial charge on any atom is 0.339 e. The predicted octanol–water partition coefficient (Wildman–Crippen LogP) is 3.41. The van der Waals surface area contributed by atoms with Gasteiger partial charge in [-0.25, -0.2) is 4.79 Å². The number of esters is 1. The van der Waals surface area contributed by atoms with Crippen LogP contribution in [0.5, 0.6) is 0 Å². The molecule has 2 nitrogen and oxygen atoms in total. The third-order valence-electron chi connectivity index (χ3n) is 2.06. The Morgan fingerprint density at radius 3 is 2.87 bits per heavy atom. The molecule has 0 N–H and O–H groups in total. The number of hydrogen-bond acceptors (Lipinski definition) is 2. The summed E-state index contributed by atoms with van der Waals surface area (Å²) in [6.45, 7) is 0. The predicted molar refractivity (Wildman–Crippen MR) is 64.5 cm³/mol. The fourth-order valence-electron chi connectivity index (χ4n) is 1.30. The van der Waals surface area contributed by atoms with Gasteiger partial charge < -0.3 is 4.74 Å². The molecule has 82 valence electrons. The SMILES string of the molecule is COC(=O)c1cccc(CCCCl)c1Br. The molecule has 0 aliphatic heterocycles. The molecule has 0 heterocycles. The van der Waals surface area contributed by atoms with Crippen LogP contribution in [0.3, 0.4) is 0 Å². The molecule has 0 atom stereocenters. The largest absolute Gasteiger partial charge is 0.465 e. The molecule has 0 bridgehead atoms. The van der Waals surface area contributed by atoms with Crippen molar-refractivity contribution in [2.24, 2.45) is 0 Å². The van der Waals surface area contributed by atoms with Crippen LogP contribution in [0.15, 0.2) is 22.7 Å². The number of halogens is 2. The molecule has 0 unspecified atom stereocenters. The lowest BCUT2D eigenvalue weighted by molar-refractivity contribution is 0.0599. The van der Waals surface area contributed by atoms with Crippen molar-refractivity contribution in [1.29, 1.82) is 0 Å². The lowest BCUT2D eigenvalue weighted by Crippen LogP contribution is -2.04. The first kappa shape index (κ1) is 12.5. The smallest absolute Gasteiger partial charge is 0.339 e. The zero-order chi connectivity index (χ0) is 11.3. The van der Waals surface area contributed by atoms with Crippen molar-refractivity contribution in [3.05, 3.63) is 33.8 Å². The number of ether oxygens (including phenoxy) is 1. The van der Waals surface area contributed by atoms with Crippen LogP contribution >= 0.6 is 27.5 Å². The van der Waals surface area contributed by atoms with Crippen molar-refractivity contribution in [3.63, 3.8) is 0 Å². The molecule has 0 fully saturated rings. The summed E-state index contributed by atoms with van der Waals surface area (Å²) in [6.07, 6.45) is 1.75. The van der Waals surface area contributed by atoms with Crippen LogP contribution in [0.4, 0.5) is 0 Å². The van der Waals surface area contributed by atoms with Crippen molar-refractivity contribution in [2.75, 3.05) is 13.0 Å². The third-order valence-corrected chi connectivity index (χ3v) is 3.27. The van der Waals surface area contributed by atoms with Crippen LogP contribution in [-0.2, 0) is 11.2 Å². The van der Waals surface area contributed by atoms with Crippen LogP contribution in [-0.4, -0.2) is 19.0 Å². The van der Waals surface area contributed by atoms with E-state index < -0.39 is 0 Å². The van der Waals surface area contributed by atoms with Crippen molar-refractivity contribution in [1.82, 2.24) is 0 Å².